The topological polar surface area (TPSA) is 81.2 Å². The van der Waals surface area contributed by atoms with Crippen molar-refractivity contribution < 1.29 is 9.32 Å². The van der Waals surface area contributed by atoms with Gasteiger partial charge < -0.3 is 15.6 Å². The molecule has 3 N–H and O–H groups in total. The number of rotatable bonds is 5. The molecule has 1 aromatic rings. The van der Waals surface area contributed by atoms with E-state index in [2.05, 4.69) is 10.5 Å². The number of aryl methyl sites for hydroxylation is 1. The zero-order valence-corrected chi connectivity index (χ0v) is 9.12. The lowest BCUT2D eigenvalue weighted by Crippen LogP contribution is -2.39. The van der Waals surface area contributed by atoms with Gasteiger partial charge in [0.15, 0.2) is 5.76 Å². The summed E-state index contributed by atoms with van der Waals surface area (Å²) in [5.74, 6) is 0.496. The van der Waals surface area contributed by atoms with Gasteiger partial charge in [0.25, 0.3) is 0 Å². The third-order valence-electron chi connectivity index (χ3n) is 2.05. The average molecular weight is 211 g/mol. The second-order valence-corrected chi connectivity index (χ2v) is 3.55. The number of carbonyl (C=O) groups excluding carboxylic acids is 1. The summed E-state index contributed by atoms with van der Waals surface area (Å²) in [6.07, 6.45) is 1.59. The Hall–Kier alpha value is -1.36. The molecule has 5 heteroatoms. The molecule has 0 aliphatic rings. The molecule has 0 bridgehead atoms. The Bertz CT molecular complexity index is 322. The molecular weight excluding hydrogens is 194 g/mol. The maximum atomic E-state index is 11.4. The van der Waals surface area contributed by atoms with E-state index in [4.69, 9.17) is 10.3 Å². The summed E-state index contributed by atoms with van der Waals surface area (Å²) in [5.41, 5.74) is 6.44. The fourth-order valence-corrected chi connectivity index (χ4v) is 1.25. The number of amides is 1. The van der Waals surface area contributed by atoms with Gasteiger partial charge in [0.05, 0.1) is 18.3 Å². The number of nitrogens with zero attached hydrogens (tertiary/aromatic N) is 1. The monoisotopic (exact) mass is 211 g/mol. The van der Waals surface area contributed by atoms with Crippen molar-refractivity contribution in [3.8, 4) is 0 Å². The number of aromatic nitrogens is 1. The Kier molecular flexibility index (Phi) is 4.30. The van der Waals surface area contributed by atoms with Gasteiger partial charge in [-0.2, -0.15) is 0 Å². The van der Waals surface area contributed by atoms with Crippen molar-refractivity contribution in [2.24, 2.45) is 5.73 Å². The molecule has 15 heavy (non-hydrogen) atoms. The highest BCUT2D eigenvalue weighted by atomic mass is 16.5. The smallest absolute Gasteiger partial charge is 0.237 e. The van der Waals surface area contributed by atoms with Crippen molar-refractivity contribution >= 4 is 5.91 Å². The van der Waals surface area contributed by atoms with Gasteiger partial charge in [0, 0.05) is 6.07 Å². The minimum Gasteiger partial charge on any atom is -0.359 e. The number of carbonyl (C=O) groups is 1. The van der Waals surface area contributed by atoms with E-state index in [1.165, 1.54) is 0 Å². The summed E-state index contributed by atoms with van der Waals surface area (Å²) < 4.78 is 4.95. The van der Waals surface area contributed by atoms with Gasteiger partial charge in [-0.3, -0.25) is 4.79 Å². The Balaban J connectivity index is 2.34. The van der Waals surface area contributed by atoms with Crippen molar-refractivity contribution in [2.75, 3.05) is 0 Å². The molecule has 1 unspecified atom stereocenters. The third kappa shape index (κ3) is 3.71. The highest BCUT2D eigenvalue weighted by molar-refractivity contribution is 5.81. The number of nitrogens with two attached hydrogens (primary N) is 1. The quantitative estimate of drug-likeness (QED) is 0.752. The standard InChI is InChI=1S/C10H17N3O2/c1-3-4-9(11)10(14)12-6-8-5-7(2)13-15-8/h5,9H,3-4,6,11H2,1-2H3,(H,12,14). The van der Waals surface area contributed by atoms with Crippen LogP contribution in [-0.4, -0.2) is 17.1 Å². The fraction of sp³-hybridized carbons (Fsp3) is 0.600. The fourth-order valence-electron chi connectivity index (χ4n) is 1.25. The Morgan fingerprint density at radius 1 is 1.73 bits per heavy atom. The van der Waals surface area contributed by atoms with Crippen LogP contribution in [0.5, 0.6) is 0 Å². The summed E-state index contributed by atoms with van der Waals surface area (Å²) in [4.78, 5) is 11.4. The molecule has 84 valence electrons. The van der Waals surface area contributed by atoms with Crippen LogP contribution in [0, 0.1) is 6.92 Å². The zero-order valence-electron chi connectivity index (χ0n) is 9.12. The Morgan fingerprint density at radius 3 is 3.00 bits per heavy atom. The minimum absolute atomic E-state index is 0.147. The van der Waals surface area contributed by atoms with Crippen molar-refractivity contribution in [3.63, 3.8) is 0 Å². The van der Waals surface area contributed by atoms with E-state index in [0.717, 1.165) is 12.1 Å². The highest BCUT2D eigenvalue weighted by Crippen LogP contribution is 2.01. The second kappa shape index (κ2) is 5.50. The Morgan fingerprint density at radius 2 is 2.47 bits per heavy atom. The molecule has 0 aromatic carbocycles. The van der Waals surface area contributed by atoms with Crippen LogP contribution in [0.2, 0.25) is 0 Å². The van der Waals surface area contributed by atoms with E-state index in [1.54, 1.807) is 6.07 Å². The predicted octanol–water partition coefficient (Wildman–Crippen LogP) is 0.727. The van der Waals surface area contributed by atoms with Gasteiger partial charge in [-0.05, 0) is 13.3 Å². The Labute approximate surface area is 89.0 Å². The van der Waals surface area contributed by atoms with E-state index in [1.807, 2.05) is 13.8 Å². The average Bonchev–Trinajstić information content (AvgIpc) is 2.61. The van der Waals surface area contributed by atoms with E-state index >= 15 is 0 Å². The summed E-state index contributed by atoms with van der Waals surface area (Å²) in [7, 11) is 0. The first-order valence-electron chi connectivity index (χ1n) is 5.09. The lowest BCUT2D eigenvalue weighted by Gasteiger charge is -2.09. The molecular formula is C10H17N3O2. The number of nitrogens with one attached hydrogen (secondary N) is 1. The van der Waals surface area contributed by atoms with Crippen LogP contribution in [0.3, 0.4) is 0 Å². The van der Waals surface area contributed by atoms with E-state index in [-0.39, 0.29) is 5.91 Å². The van der Waals surface area contributed by atoms with Gasteiger partial charge in [-0.15, -0.1) is 0 Å². The molecule has 0 aliphatic carbocycles. The molecule has 0 spiro atoms. The normalized spacial score (nSPS) is 12.5. The van der Waals surface area contributed by atoms with Crippen molar-refractivity contribution in [1.82, 2.24) is 10.5 Å². The first kappa shape index (κ1) is 11.7. The lowest BCUT2D eigenvalue weighted by atomic mass is 10.2. The van der Waals surface area contributed by atoms with Crippen molar-refractivity contribution in [2.45, 2.75) is 39.3 Å². The lowest BCUT2D eigenvalue weighted by molar-refractivity contribution is -0.122. The van der Waals surface area contributed by atoms with Gasteiger partial charge in [0.1, 0.15) is 0 Å². The molecule has 0 aliphatic heterocycles. The molecule has 1 aromatic heterocycles. The van der Waals surface area contributed by atoms with Gasteiger partial charge >= 0.3 is 0 Å². The van der Waals surface area contributed by atoms with E-state index in [0.29, 0.717) is 18.7 Å². The number of hydrogen-bond acceptors (Lipinski definition) is 4. The molecule has 0 fully saturated rings. The maximum Gasteiger partial charge on any atom is 0.237 e. The molecule has 0 saturated heterocycles. The summed E-state index contributed by atoms with van der Waals surface area (Å²) in [6.45, 7) is 4.17. The third-order valence-corrected chi connectivity index (χ3v) is 2.05. The second-order valence-electron chi connectivity index (χ2n) is 3.55. The minimum atomic E-state index is -0.431. The zero-order chi connectivity index (χ0) is 11.3. The molecule has 1 rings (SSSR count). The highest BCUT2D eigenvalue weighted by Gasteiger charge is 2.12. The maximum absolute atomic E-state index is 11.4. The van der Waals surface area contributed by atoms with Crippen LogP contribution >= 0.6 is 0 Å². The van der Waals surface area contributed by atoms with E-state index in [9.17, 15) is 4.79 Å². The van der Waals surface area contributed by atoms with Crippen molar-refractivity contribution in [3.05, 3.63) is 17.5 Å². The van der Waals surface area contributed by atoms with Gasteiger partial charge in [-0.1, -0.05) is 18.5 Å². The van der Waals surface area contributed by atoms with Gasteiger partial charge in [-0.25, -0.2) is 0 Å². The molecule has 1 heterocycles. The summed E-state index contributed by atoms with van der Waals surface area (Å²) in [5, 5.41) is 6.42. The summed E-state index contributed by atoms with van der Waals surface area (Å²) >= 11 is 0. The van der Waals surface area contributed by atoms with Crippen LogP contribution in [0.4, 0.5) is 0 Å². The molecule has 0 saturated carbocycles. The first-order chi connectivity index (χ1) is 7.13. The molecule has 5 nitrogen and oxygen atoms in total. The van der Waals surface area contributed by atoms with Gasteiger partial charge in [0.2, 0.25) is 5.91 Å². The molecule has 1 atom stereocenters. The predicted molar refractivity (Wildman–Crippen MR) is 56.0 cm³/mol. The van der Waals surface area contributed by atoms with Crippen molar-refractivity contribution in [1.29, 1.82) is 0 Å². The van der Waals surface area contributed by atoms with Crippen LogP contribution in [-0.2, 0) is 11.3 Å². The largest absolute Gasteiger partial charge is 0.359 e. The molecule has 0 radical (unpaired) electrons. The van der Waals surface area contributed by atoms with Crippen LogP contribution in [0.15, 0.2) is 10.6 Å². The SMILES string of the molecule is CCCC(N)C(=O)NCc1cc(C)no1. The summed E-state index contributed by atoms with van der Waals surface area (Å²) in [6, 6.07) is 1.35. The number of hydrogen-bond donors (Lipinski definition) is 2. The van der Waals surface area contributed by atoms with Crippen LogP contribution in [0.1, 0.15) is 31.2 Å². The van der Waals surface area contributed by atoms with E-state index < -0.39 is 6.04 Å². The first-order valence-corrected chi connectivity index (χ1v) is 5.09. The molecule has 1 amide bonds. The van der Waals surface area contributed by atoms with Crippen LogP contribution < -0.4 is 11.1 Å². The van der Waals surface area contributed by atoms with Crippen LogP contribution in [0.25, 0.3) is 0 Å².